The molecule has 2 fully saturated rings. The fourth-order valence-corrected chi connectivity index (χ4v) is 12.4. The fraction of sp³-hybridized carbons (Fsp3) is 0.281. The quantitative estimate of drug-likeness (QED) is 0.135. The van der Waals surface area contributed by atoms with Crippen LogP contribution in [-0.2, 0) is 10.8 Å². The van der Waals surface area contributed by atoms with Gasteiger partial charge in [0.2, 0.25) is 0 Å². The van der Waals surface area contributed by atoms with E-state index in [0.717, 1.165) is 18.8 Å². The Morgan fingerprint density at radius 1 is 0.455 bits per heavy atom. The molecular weight excluding hydrogens is 797 g/mol. The summed E-state index contributed by atoms with van der Waals surface area (Å²) < 4.78 is 0. The zero-order valence-electron chi connectivity index (χ0n) is 39.4. The zero-order valence-corrected chi connectivity index (χ0v) is 39.4. The molecule has 11 rings (SSSR count). The van der Waals surface area contributed by atoms with Crippen LogP contribution in [0, 0.1) is 11.8 Å². The summed E-state index contributed by atoms with van der Waals surface area (Å²) in [6.45, 7) is 9.62. The van der Waals surface area contributed by atoms with Gasteiger partial charge in [0.25, 0.3) is 0 Å². The molecule has 0 N–H and O–H groups in total. The minimum Gasteiger partial charge on any atom is -0.311 e. The van der Waals surface area contributed by atoms with Crippen LogP contribution in [0.25, 0.3) is 21.9 Å². The molecule has 0 heterocycles. The normalized spacial score (nSPS) is 19.1. The Hall–Kier alpha value is -6.38. The van der Waals surface area contributed by atoms with Crippen molar-refractivity contribution in [1.29, 1.82) is 0 Å². The second-order valence-corrected chi connectivity index (χ2v) is 20.6. The van der Waals surface area contributed by atoms with E-state index in [1.54, 1.807) is 0 Å². The molecule has 2 heteroatoms. The van der Waals surface area contributed by atoms with E-state index in [0.29, 0.717) is 11.8 Å². The third kappa shape index (κ3) is 7.53. The van der Waals surface area contributed by atoms with E-state index in [-0.39, 0.29) is 10.8 Å². The number of nitrogens with zero attached hydrogens (tertiary/aromatic N) is 2. The second-order valence-electron chi connectivity index (χ2n) is 20.6. The largest absolute Gasteiger partial charge is 0.311 e. The number of hydrogen-bond donors (Lipinski definition) is 0. The summed E-state index contributed by atoms with van der Waals surface area (Å²) in [5.41, 5.74) is 16.8. The first-order valence-electron chi connectivity index (χ1n) is 25.0. The molecule has 0 bridgehead atoms. The Kier molecular flexibility index (Phi) is 11.2. The van der Waals surface area contributed by atoms with Gasteiger partial charge in [0.05, 0.1) is 0 Å². The van der Waals surface area contributed by atoms with E-state index in [9.17, 15) is 0 Å². The molecule has 0 spiro atoms. The molecule has 8 aromatic carbocycles. The topological polar surface area (TPSA) is 6.48 Å². The average molecular weight is 861 g/mol. The standard InChI is InChI=1S/C64H64N2/c1-45(2)46-40-42-64(43-41-46,50-27-33-55(34-28-50)65(52-19-10-6-11-20-52)54-31-24-48(25-32-54)47-16-8-5-9-17-47)51-29-35-56(36-30-51)66(53-21-12-7-13-22-53)57-37-38-59-61(44-57)63(3,4)60-39-26-49-18-14-15-23-58(49)62(59)60/h6-7,10-15,18-39,44-47H,5,8-9,16-17,40-43H2,1-4H3. The summed E-state index contributed by atoms with van der Waals surface area (Å²) in [6.07, 6.45) is 11.5. The SMILES string of the molecule is CC(C)C1CCC(c2ccc(N(c3ccccc3)c3ccc(C4CCCCC4)cc3)cc2)(c2ccc(N(c3ccccc3)c3ccc4c(c3)C(C)(C)c3ccc5ccccc5c3-4)cc2)CC1. The minimum absolute atomic E-state index is 0.0641. The van der Waals surface area contributed by atoms with Crippen LogP contribution in [0.1, 0.15) is 119 Å². The molecule has 0 amide bonds. The Morgan fingerprint density at radius 2 is 0.955 bits per heavy atom. The lowest BCUT2D eigenvalue weighted by Gasteiger charge is -2.43. The number of para-hydroxylation sites is 2. The van der Waals surface area contributed by atoms with Gasteiger partial charge in [-0.3, -0.25) is 0 Å². The number of rotatable bonds is 10. The molecule has 0 aliphatic heterocycles. The van der Waals surface area contributed by atoms with Crippen molar-refractivity contribution in [2.75, 3.05) is 9.80 Å². The van der Waals surface area contributed by atoms with Crippen LogP contribution in [0.4, 0.5) is 34.1 Å². The fourth-order valence-electron chi connectivity index (χ4n) is 12.4. The molecule has 0 unspecified atom stereocenters. The number of hydrogen-bond acceptors (Lipinski definition) is 2. The van der Waals surface area contributed by atoms with Crippen molar-refractivity contribution in [1.82, 2.24) is 0 Å². The number of anilines is 6. The van der Waals surface area contributed by atoms with Gasteiger partial charge >= 0.3 is 0 Å². The van der Waals surface area contributed by atoms with Crippen molar-refractivity contribution < 1.29 is 0 Å². The minimum atomic E-state index is -0.120. The molecule has 3 aliphatic carbocycles. The monoisotopic (exact) mass is 861 g/mol. The van der Waals surface area contributed by atoms with E-state index in [2.05, 4.69) is 226 Å². The molecule has 0 radical (unpaired) electrons. The highest BCUT2D eigenvalue weighted by molar-refractivity contribution is 6.03. The van der Waals surface area contributed by atoms with Crippen molar-refractivity contribution in [3.63, 3.8) is 0 Å². The van der Waals surface area contributed by atoms with Gasteiger partial charge in [-0.05, 0) is 179 Å². The van der Waals surface area contributed by atoms with Crippen molar-refractivity contribution in [3.8, 4) is 11.1 Å². The van der Waals surface area contributed by atoms with Gasteiger partial charge in [-0.25, -0.2) is 0 Å². The third-order valence-corrected chi connectivity index (χ3v) is 16.2. The van der Waals surface area contributed by atoms with E-state index in [4.69, 9.17) is 0 Å². The predicted molar refractivity (Wildman–Crippen MR) is 281 cm³/mol. The smallest absolute Gasteiger partial charge is 0.0465 e. The Morgan fingerprint density at radius 3 is 1.53 bits per heavy atom. The van der Waals surface area contributed by atoms with Crippen LogP contribution >= 0.6 is 0 Å². The predicted octanol–water partition coefficient (Wildman–Crippen LogP) is 18.3. The number of benzene rings is 8. The Labute approximate surface area is 394 Å². The molecular formula is C64H64N2. The molecule has 330 valence electrons. The maximum atomic E-state index is 2.46. The van der Waals surface area contributed by atoms with Gasteiger partial charge in [0, 0.05) is 45.0 Å². The van der Waals surface area contributed by atoms with Crippen molar-refractivity contribution in [2.24, 2.45) is 11.8 Å². The van der Waals surface area contributed by atoms with Gasteiger partial charge in [-0.15, -0.1) is 0 Å². The molecule has 66 heavy (non-hydrogen) atoms. The lowest BCUT2D eigenvalue weighted by Crippen LogP contribution is -2.34. The van der Waals surface area contributed by atoms with Crippen LogP contribution in [0.2, 0.25) is 0 Å². The molecule has 0 saturated heterocycles. The third-order valence-electron chi connectivity index (χ3n) is 16.2. The van der Waals surface area contributed by atoms with E-state index >= 15 is 0 Å². The Balaban J connectivity index is 0.951. The average Bonchev–Trinajstić information content (AvgIpc) is 3.61. The molecule has 2 saturated carbocycles. The van der Waals surface area contributed by atoms with Gasteiger partial charge in [0.1, 0.15) is 0 Å². The maximum absolute atomic E-state index is 2.46. The molecule has 8 aromatic rings. The number of fused-ring (bicyclic) bond motifs is 5. The van der Waals surface area contributed by atoms with Gasteiger partial charge in [-0.1, -0.05) is 162 Å². The summed E-state index contributed by atoms with van der Waals surface area (Å²) in [5.74, 6) is 2.14. The summed E-state index contributed by atoms with van der Waals surface area (Å²) in [7, 11) is 0. The Bertz CT molecular complexity index is 2930. The molecule has 2 nitrogen and oxygen atoms in total. The van der Waals surface area contributed by atoms with Crippen molar-refractivity contribution in [2.45, 2.75) is 102 Å². The van der Waals surface area contributed by atoms with Gasteiger partial charge in [-0.2, -0.15) is 0 Å². The lowest BCUT2D eigenvalue weighted by molar-refractivity contribution is 0.217. The highest BCUT2D eigenvalue weighted by Crippen LogP contribution is 2.54. The molecule has 0 aromatic heterocycles. The first kappa shape index (κ1) is 42.3. The van der Waals surface area contributed by atoms with Gasteiger partial charge in [0.15, 0.2) is 0 Å². The van der Waals surface area contributed by atoms with E-state index < -0.39 is 0 Å². The van der Waals surface area contributed by atoms with Crippen LogP contribution in [0.5, 0.6) is 0 Å². The lowest BCUT2D eigenvalue weighted by atomic mass is 9.61. The van der Waals surface area contributed by atoms with Crippen LogP contribution in [0.15, 0.2) is 188 Å². The van der Waals surface area contributed by atoms with Crippen LogP contribution < -0.4 is 9.80 Å². The molecule has 3 aliphatic rings. The first-order chi connectivity index (χ1) is 32.3. The highest BCUT2D eigenvalue weighted by atomic mass is 15.1. The summed E-state index contributed by atoms with van der Waals surface area (Å²) in [4.78, 5) is 4.89. The second kappa shape index (κ2) is 17.4. The summed E-state index contributed by atoms with van der Waals surface area (Å²) in [5, 5.41) is 2.63. The van der Waals surface area contributed by atoms with Crippen LogP contribution in [0.3, 0.4) is 0 Å². The summed E-state index contributed by atoms with van der Waals surface area (Å²) >= 11 is 0. The van der Waals surface area contributed by atoms with Crippen LogP contribution in [-0.4, -0.2) is 0 Å². The first-order valence-corrected chi connectivity index (χ1v) is 25.0. The van der Waals surface area contributed by atoms with E-state index in [1.807, 2.05) is 0 Å². The van der Waals surface area contributed by atoms with Crippen molar-refractivity contribution >= 4 is 44.9 Å². The highest BCUT2D eigenvalue weighted by Gasteiger charge is 2.40. The maximum Gasteiger partial charge on any atom is 0.0465 e. The van der Waals surface area contributed by atoms with Gasteiger partial charge < -0.3 is 9.80 Å². The molecule has 0 atom stereocenters. The zero-order chi connectivity index (χ0) is 44.8. The summed E-state index contributed by atoms with van der Waals surface area (Å²) in [6, 6.07) is 71.4. The van der Waals surface area contributed by atoms with Crippen molar-refractivity contribution in [3.05, 3.63) is 216 Å². The van der Waals surface area contributed by atoms with E-state index in [1.165, 1.54) is 129 Å².